The van der Waals surface area contributed by atoms with Crippen LogP contribution in [0.4, 0.5) is 0 Å². The first-order valence-corrected chi connectivity index (χ1v) is 10.2. The lowest BCUT2D eigenvalue weighted by atomic mass is 10.2. The number of para-hydroxylation sites is 1. The fourth-order valence-electron chi connectivity index (χ4n) is 2.46. The Balaban J connectivity index is 1.84. The van der Waals surface area contributed by atoms with Gasteiger partial charge in [0.05, 0.1) is 13.7 Å². The summed E-state index contributed by atoms with van der Waals surface area (Å²) in [6.45, 7) is 3.92. The monoisotopic (exact) mass is 373 g/mol. The molecule has 1 atom stereocenters. The van der Waals surface area contributed by atoms with E-state index < -0.39 is 10.8 Å². The molecule has 0 aromatic heterocycles. The molecular formula is C20H27N3O2S. The van der Waals surface area contributed by atoms with Gasteiger partial charge in [-0.1, -0.05) is 48.5 Å². The number of ether oxygens (including phenoxy) is 1. The molecule has 0 heterocycles. The quantitative estimate of drug-likeness (QED) is 0.524. The van der Waals surface area contributed by atoms with Crippen molar-refractivity contribution in [3.8, 4) is 5.75 Å². The number of aliphatic imine (C=N–C) groups is 1. The third-order valence-corrected chi connectivity index (χ3v) is 5.05. The Hall–Kier alpha value is -2.34. The first-order chi connectivity index (χ1) is 12.7. The highest BCUT2D eigenvalue weighted by molar-refractivity contribution is 7.84. The molecule has 0 aliphatic carbocycles. The second kappa shape index (κ2) is 11.3. The lowest BCUT2D eigenvalue weighted by molar-refractivity contribution is 0.410. The summed E-state index contributed by atoms with van der Waals surface area (Å²) in [6, 6.07) is 17.8. The molecule has 0 spiro atoms. The van der Waals surface area contributed by atoms with Crippen LogP contribution in [0.1, 0.15) is 18.1 Å². The number of hydrogen-bond acceptors (Lipinski definition) is 3. The average molecular weight is 374 g/mol. The molecule has 0 aliphatic rings. The van der Waals surface area contributed by atoms with Crippen LogP contribution in [-0.4, -0.2) is 36.1 Å². The number of nitrogens with zero attached hydrogens (tertiary/aromatic N) is 1. The molecule has 140 valence electrons. The Morgan fingerprint density at radius 2 is 1.81 bits per heavy atom. The van der Waals surface area contributed by atoms with Crippen LogP contribution < -0.4 is 15.4 Å². The minimum Gasteiger partial charge on any atom is -0.496 e. The molecule has 0 saturated carbocycles. The maximum atomic E-state index is 12.2. The van der Waals surface area contributed by atoms with Crippen molar-refractivity contribution >= 4 is 16.8 Å². The molecule has 0 aliphatic heterocycles. The van der Waals surface area contributed by atoms with Crippen molar-refractivity contribution in [2.45, 2.75) is 19.2 Å². The lowest BCUT2D eigenvalue weighted by Gasteiger charge is -2.12. The van der Waals surface area contributed by atoms with Crippen molar-refractivity contribution in [2.24, 2.45) is 4.99 Å². The normalized spacial score (nSPS) is 12.5. The van der Waals surface area contributed by atoms with Gasteiger partial charge in [0.15, 0.2) is 5.96 Å². The van der Waals surface area contributed by atoms with Crippen molar-refractivity contribution in [3.63, 3.8) is 0 Å². The van der Waals surface area contributed by atoms with Crippen LogP contribution in [0.15, 0.2) is 59.6 Å². The summed E-state index contributed by atoms with van der Waals surface area (Å²) in [5.74, 6) is 2.71. The van der Waals surface area contributed by atoms with E-state index in [-0.39, 0.29) is 0 Å². The van der Waals surface area contributed by atoms with Crippen molar-refractivity contribution in [1.29, 1.82) is 0 Å². The van der Waals surface area contributed by atoms with E-state index >= 15 is 0 Å². The molecule has 5 nitrogen and oxygen atoms in total. The molecule has 26 heavy (non-hydrogen) atoms. The molecule has 0 amide bonds. The fraction of sp³-hybridized carbons (Fsp3) is 0.350. The van der Waals surface area contributed by atoms with Gasteiger partial charge in [0.1, 0.15) is 5.75 Å². The summed E-state index contributed by atoms with van der Waals surface area (Å²) in [5.41, 5.74) is 2.13. The Bertz CT molecular complexity index is 720. The first kappa shape index (κ1) is 20.0. The van der Waals surface area contributed by atoms with Gasteiger partial charge in [-0.05, 0) is 18.6 Å². The van der Waals surface area contributed by atoms with Crippen molar-refractivity contribution in [3.05, 3.63) is 65.7 Å². The van der Waals surface area contributed by atoms with Gasteiger partial charge in [-0.25, -0.2) is 4.99 Å². The lowest BCUT2D eigenvalue weighted by Crippen LogP contribution is -2.39. The van der Waals surface area contributed by atoms with Gasteiger partial charge >= 0.3 is 0 Å². The topological polar surface area (TPSA) is 62.7 Å². The number of methoxy groups -OCH3 is 1. The standard InChI is InChI=1S/C20H27N3O2S/c1-3-21-20(23-15-18-11-7-8-12-19(18)25-2)22-13-14-26(24)16-17-9-5-4-6-10-17/h4-12H,3,13-16H2,1-2H3,(H2,21,22,23). The van der Waals surface area contributed by atoms with Crippen molar-refractivity contribution < 1.29 is 8.95 Å². The number of guanidine groups is 1. The molecule has 2 aromatic carbocycles. The summed E-state index contributed by atoms with van der Waals surface area (Å²) >= 11 is 0. The van der Waals surface area contributed by atoms with Gasteiger partial charge in [-0.15, -0.1) is 0 Å². The predicted molar refractivity (Wildman–Crippen MR) is 109 cm³/mol. The van der Waals surface area contributed by atoms with E-state index in [1.165, 1.54) is 0 Å². The summed E-state index contributed by atoms with van der Waals surface area (Å²) in [4.78, 5) is 4.59. The Kier molecular flexibility index (Phi) is 8.69. The molecular weight excluding hydrogens is 346 g/mol. The summed E-state index contributed by atoms with van der Waals surface area (Å²) in [7, 11) is 0.759. The summed E-state index contributed by atoms with van der Waals surface area (Å²) < 4.78 is 17.6. The average Bonchev–Trinajstić information content (AvgIpc) is 2.67. The van der Waals surface area contributed by atoms with Crippen LogP contribution in [-0.2, 0) is 23.1 Å². The smallest absolute Gasteiger partial charge is 0.191 e. The third-order valence-electron chi connectivity index (χ3n) is 3.74. The second-order valence-electron chi connectivity index (χ2n) is 5.71. The van der Waals surface area contributed by atoms with E-state index in [1.54, 1.807) is 7.11 Å². The van der Waals surface area contributed by atoms with Crippen LogP contribution in [0.2, 0.25) is 0 Å². The fourth-order valence-corrected chi connectivity index (χ4v) is 3.49. The molecule has 2 rings (SSSR count). The Labute approximate surface area is 158 Å². The zero-order valence-electron chi connectivity index (χ0n) is 15.4. The van der Waals surface area contributed by atoms with E-state index in [9.17, 15) is 4.21 Å². The highest BCUT2D eigenvalue weighted by Gasteiger charge is 2.04. The van der Waals surface area contributed by atoms with Gasteiger partial charge in [0.25, 0.3) is 0 Å². The maximum absolute atomic E-state index is 12.2. The Morgan fingerprint density at radius 3 is 2.54 bits per heavy atom. The molecule has 2 aromatic rings. The van der Waals surface area contributed by atoms with Gasteiger partial charge < -0.3 is 15.4 Å². The molecule has 6 heteroatoms. The highest BCUT2D eigenvalue weighted by atomic mass is 32.2. The summed E-state index contributed by atoms with van der Waals surface area (Å²) in [6.07, 6.45) is 0. The zero-order valence-corrected chi connectivity index (χ0v) is 16.2. The Morgan fingerprint density at radius 1 is 1.08 bits per heavy atom. The van der Waals surface area contributed by atoms with Crippen molar-refractivity contribution in [1.82, 2.24) is 10.6 Å². The number of hydrogen-bond donors (Lipinski definition) is 2. The van der Waals surface area contributed by atoms with E-state index in [0.717, 1.165) is 29.4 Å². The van der Waals surface area contributed by atoms with Gasteiger partial charge in [0.2, 0.25) is 0 Å². The van der Waals surface area contributed by atoms with Gasteiger partial charge in [-0.3, -0.25) is 4.21 Å². The molecule has 0 fully saturated rings. The van der Waals surface area contributed by atoms with Crippen LogP contribution in [0.5, 0.6) is 5.75 Å². The van der Waals surface area contributed by atoms with E-state index in [0.29, 0.717) is 24.6 Å². The number of nitrogens with one attached hydrogen (secondary N) is 2. The minimum absolute atomic E-state index is 0.520. The second-order valence-corrected chi connectivity index (χ2v) is 7.28. The predicted octanol–water partition coefficient (Wildman–Crippen LogP) is 2.70. The highest BCUT2D eigenvalue weighted by Crippen LogP contribution is 2.17. The van der Waals surface area contributed by atoms with Gasteiger partial charge in [-0.2, -0.15) is 0 Å². The van der Waals surface area contributed by atoms with Crippen LogP contribution in [0, 0.1) is 0 Å². The molecule has 0 saturated heterocycles. The zero-order chi connectivity index (χ0) is 18.6. The molecule has 1 unspecified atom stereocenters. The van der Waals surface area contributed by atoms with Crippen molar-refractivity contribution in [2.75, 3.05) is 26.0 Å². The van der Waals surface area contributed by atoms with E-state index in [1.807, 2.05) is 61.5 Å². The third kappa shape index (κ3) is 6.88. The first-order valence-electron chi connectivity index (χ1n) is 8.76. The largest absolute Gasteiger partial charge is 0.496 e. The maximum Gasteiger partial charge on any atom is 0.191 e. The SMILES string of the molecule is CCNC(=NCc1ccccc1OC)NCCS(=O)Cc1ccccc1. The molecule has 2 N–H and O–H groups in total. The van der Waals surface area contributed by atoms with E-state index in [2.05, 4.69) is 15.6 Å². The minimum atomic E-state index is -0.902. The number of benzene rings is 2. The van der Waals surface area contributed by atoms with E-state index in [4.69, 9.17) is 4.74 Å². The summed E-state index contributed by atoms with van der Waals surface area (Å²) in [5, 5.41) is 6.46. The van der Waals surface area contributed by atoms with Gasteiger partial charge in [0, 0.05) is 41.0 Å². The molecule has 0 radical (unpaired) electrons. The number of rotatable bonds is 9. The van der Waals surface area contributed by atoms with Crippen LogP contribution in [0.25, 0.3) is 0 Å². The molecule has 0 bridgehead atoms. The van der Waals surface area contributed by atoms with Crippen LogP contribution >= 0.6 is 0 Å². The van der Waals surface area contributed by atoms with Crippen LogP contribution in [0.3, 0.4) is 0 Å².